The molecule has 11 heteroatoms. The van der Waals surface area contributed by atoms with E-state index in [0.717, 1.165) is 18.9 Å². The van der Waals surface area contributed by atoms with Gasteiger partial charge in [-0.3, -0.25) is 4.79 Å². The lowest BCUT2D eigenvalue weighted by molar-refractivity contribution is 0.0502. The molecule has 1 saturated carbocycles. The van der Waals surface area contributed by atoms with Crippen LogP contribution in [0.25, 0.3) is 10.9 Å². The molecule has 0 bridgehead atoms. The summed E-state index contributed by atoms with van der Waals surface area (Å²) in [5.41, 5.74) is -0.904. The average molecular weight is 522 g/mol. The highest BCUT2D eigenvalue weighted by atomic mass is 32.1. The maximum atomic E-state index is 15.6. The van der Waals surface area contributed by atoms with Crippen molar-refractivity contribution < 1.29 is 28.2 Å². The lowest BCUT2D eigenvalue weighted by atomic mass is 10.1. The maximum absolute atomic E-state index is 15.6. The number of aromatic nitrogens is 1. The highest BCUT2D eigenvalue weighted by Crippen LogP contribution is 2.46. The first-order valence-electron chi connectivity index (χ1n) is 12.1. The van der Waals surface area contributed by atoms with Crippen LogP contribution < -0.4 is 20.4 Å². The number of methoxy groups -OCH3 is 1. The number of esters is 1. The molecule has 9 nitrogen and oxygen atoms in total. The third-order valence-electron chi connectivity index (χ3n) is 6.17. The fourth-order valence-electron chi connectivity index (χ4n) is 4.60. The summed E-state index contributed by atoms with van der Waals surface area (Å²) in [6, 6.07) is 0.900. The molecule has 0 spiro atoms. The van der Waals surface area contributed by atoms with E-state index < -0.39 is 28.9 Å². The van der Waals surface area contributed by atoms with Crippen LogP contribution in [0.15, 0.2) is 15.9 Å². The number of benzene rings is 1. The Labute approximate surface area is 214 Å². The van der Waals surface area contributed by atoms with Crippen LogP contribution in [0.3, 0.4) is 0 Å². The Kier molecular flexibility index (Phi) is 7.14. The van der Waals surface area contributed by atoms with Gasteiger partial charge in [-0.25, -0.2) is 14.0 Å². The number of amides is 1. The molecule has 196 valence electrons. The van der Waals surface area contributed by atoms with Gasteiger partial charge in [-0.1, -0.05) is 0 Å². The van der Waals surface area contributed by atoms with Crippen molar-refractivity contribution in [2.45, 2.75) is 69.7 Å². The van der Waals surface area contributed by atoms with E-state index in [1.54, 1.807) is 37.2 Å². The molecule has 1 aromatic heterocycles. The molecule has 1 aliphatic carbocycles. The van der Waals surface area contributed by atoms with Gasteiger partial charge < -0.3 is 29.0 Å². The van der Waals surface area contributed by atoms with Gasteiger partial charge in [0.15, 0.2) is 11.6 Å². The first-order valence-corrected chi connectivity index (χ1v) is 12.5. The van der Waals surface area contributed by atoms with E-state index in [1.807, 2.05) is 0 Å². The van der Waals surface area contributed by atoms with Gasteiger partial charge in [-0.05, 0) is 53.0 Å². The number of nitrogens with one attached hydrogen (secondary N) is 1. The van der Waals surface area contributed by atoms with E-state index in [-0.39, 0.29) is 46.1 Å². The number of halogens is 1. The molecule has 1 aliphatic heterocycles. The van der Waals surface area contributed by atoms with E-state index >= 15 is 4.39 Å². The predicted octanol–water partition coefficient (Wildman–Crippen LogP) is 4.05. The third kappa shape index (κ3) is 4.98. The number of pyridine rings is 1. The van der Waals surface area contributed by atoms with Crippen molar-refractivity contribution in [3.63, 3.8) is 0 Å². The Bertz CT molecular complexity index is 1270. The second-order valence-electron chi connectivity index (χ2n) is 10.1. The van der Waals surface area contributed by atoms with Gasteiger partial charge in [-0.2, -0.15) is 0 Å². The molecule has 1 saturated heterocycles. The van der Waals surface area contributed by atoms with Crippen LogP contribution in [0.5, 0.6) is 5.75 Å². The number of anilines is 1. The van der Waals surface area contributed by atoms with Crippen LogP contribution in [0.1, 0.15) is 63.4 Å². The molecule has 4 rings (SSSR count). The number of rotatable bonds is 6. The normalized spacial score (nSPS) is 17.9. The molecule has 2 heterocycles. The number of ether oxygens (including phenoxy) is 3. The maximum Gasteiger partial charge on any atom is 0.407 e. The summed E-state index contributed by atoms with van der Waals surface area (Å²) in [4.78, 5) is 39.9. The van der Waals surface area contributed by atoms with Gasteiger partial charge in [0.2, 0.25) is 5.43 Å². The Balaban J connectivity index is 1.78. The first kappa shape index (κ1) is 26.1. The van der Waals surface area contributed by atoms with Crippen molar-refractivity contribution in [3.05, 3.63) is 27.7 Å². The van der Waals surface area contributed by atoms with Crippen LogP contribution in [-0.2, 0) is 9.47 Å². The smallest absolute Gasteiger partial charge is 0.407 e. The summed E-state index contributed by atoms with van der Waals surface area (Å²) in [5, 5.41) is 3.04. The molecule has 1 N–H and O–H groups in total. The number of alkyl carbamates (subject to hydrolysis) is 1. The molecule has 1 atom stereocenters. The van der Waals surface area contributed by atoms with Crippen LogP contribution in [0, 0.1) is 5.82 Å². The molecule has 0 radical (unpaired) electrons. The SMILES string of the molecule is CCOC(=O)c1c(S)n(C2CC2)c2c(OC)c(N3CC[C@H](NC(=O)OC(C)(C)C)C3)c(F)cc2c1=O. The van der Waals surface area contributed by atoms with Crippen LogP contribution in [0.2, 0.25) is 0 Å². The van der Waals surface area contributed by atoms with Crippen molar-refractivity contribution in [2.75, 3.05) is 31.7 Å². The Morgan fingerprint density at radius 1 is 1.25 bits per heavy atom. The summed E-state index contributed by atoms with van der Waals surface area (Å²) in [6.07, 6.45) is 1.70. The number of carbonyl (C=O) groups is 2. The van der Waals surface area contributed by atoms with Crippen molar-refractivity contribution in [2.24, 2.45) is 0 Å². The number of thiol groups is 1. The summed E-state index contributed by atoms with van der Waals surface area (Å²) >= 11 is 4.55. The zero-order chi connectivity index (χ0) is 26.4. The zero-order valence-electron chi connectivity index (χ0n) is 21.1. The second-order valence-corrected chi connectivity index (χ2v) is 10.5. The van der Waals surface area contributed by atoms with E-state index in [1.165, 1.54) is 7.11 Å². The van der Waals surface area contributed by atoms with Gasteiger partial charge in [0.05, 0.1) is 35.7 Å². The summed E-state index contributed by atoms with van der Waals surface area (Å²) in [5.74, 6) is -1.25. The zero-order valence-corrected chi connectivity index (χ0v) is 22.0. The number of hydrogen-bond donors (Lipinski definition) is 2. The molecule has 1 aromatic carbocycles. The molecule has 2 aliphatic rings. The molecule has 1 amide bonds. The van der Waals surface area contributed by atoms with Gasteiger partial charge >= 0.3 is 12.1 Å². The second kappa shape index (κ2) is 9.84. The van der Waals surface area contributed by atoms with Crippen molar-refractivity contribution in [3.8, 4) is 5.75 Å². The predicted molar refractivity (Wildman–Crippen MR) is 136 cm³/mol. The molecule has 2 fully saturated rings. The minimum absolute atomic E-state index is 0.00106. The Morgan fingerprint density at radius 3 is 2.53 bits per heavy atom. The fraction of sp³-hybridized carbons (Fsp3) is 0.560. The number of fused-ring (bicyclic) bond motifs is 1. The van der Waals surface area contributed by atoms with Gasteiger partial charge in [-0.15, -0.1) is 12.6 Å². The van der Waals surface area contributed by atoms with Crippen molar-refractivity contribution in [1.29, 1.82) is 0 Å². The molecule has 36 heavy (non-hydrogen) atoms. The number of carbonyl (C=O) groups excluding carboxylic acids is 2. The largest absolute Gasteiger partial charge is 0.492 e. The van der Waals surface area contributed by atoms with Crippen LogP contribution in [0.4, 0.5) is 14.9 Å². The molecule has 2 aromatic rings. The topological polar surface area (TPSA) is 99.1 Å². The molecule has 0 unspecified atom stereocenters. The van der Waals surface area contributed by atoms with E-state index in [9.17, 15) is 14.4 Å². The summed E-state index contributed by atoms with van der Waals surface area (Å²) in [6.45, 7) is 7.88. The molecular weight excluding hydrogens is 489 g/mol. The lowest BCUT2D eigenvalue weighted by Gasteiger charge is -2.26. The van der Waals surface area contributed by atoms with Crippen molar-refractivity contribution >= 4 is 41.3 Å². The van der Waals surface area contributed by atoms with E-state index in [0.29, 0.717) is 25.0 Å². The van der Waals surface area contributed by atoms with Gasteiger partial charge in [0.1, 0.15) is 16.9 Å². The highest BCUT2D eigenvalue weighted by Gasteiger charge is 2.36. The van der Waals surface area contributed by atoms with Crippen LogP contribution in [-0.4, -0.2) is 55.1 Å². The van der Waals surface area contributed by atoms with Crippen LogP contribution >= 0.6 is 12.6 Å². The third-order valence-corrected chi connectivity index (χ3v) is 6.61. The monoisotopic (exact) mass is 521 g/mol. The standard InChI is InChI=1S/C25H32FN3O6S/c1-6-34-23(31)17-20(30)15-11-16(26)19(21(33-5)18(15)29(22(17)36)14-7-8-14)28-10-9-13(12-28)27-24(32)35-25(2,3)4/h11,13-14,36H,6-10,12H2,1-5H3,(H,27,32)/t13-/m0/s1. The van der Waals surface area contributed by atoms with Gasteiger partial charge in [0, 0.05) is 19.1 Å². The minimum Gasteiger partial charge on any atom is -0.492 e. The summed E-state index contributed by atoms with van der Waals surface area (Å²) < 4.78 is 33.5. The van der Waals surface area contributed by atoms with E-state index in [4.69, 9.17) is 14.2 Å². The van der Waals surface area contributed by atoms with Crippen molar-refractivity contribution in [1.82, 2.24) is 9.88 Å². The van der Waals surface area contributed by atoms with Gasteiger partial charge in [0.25, 0.3) is 0 Å². The quantitative estimate of drug-likeness (QED) is 0.437. The molecular formula is C25H32FN3O6S. The Morgan fingerprint density at radius 2 is 1.94 bits per heavy atom. The number of hydrogen-bond acceptors (Lipinski definition) is 8. The Hall–Kier alpha value is -2.95. The minimum atomic E-state index is -0.789. The number of nitrogens with zero attached hydrogens (tertiary/aromatic N) is 2. The average Bonchev–Trinajstić information content (AvgIpc) is 3.51. The summed E-state index contributed by atoms with van der Waals surface area (Å²) in [7, 11) is 1.42. The highest BCUT2D eigenvalue weighted by molar-refractivity contribution is 7.80. The first-order chi connectivity index (χ1) is 17.0. The lowest BCUT2D eigenvalue weighted by Crippen LogP contribution is -2.40. The van der Waals surface area contributed by atoms with E-state index in [2.05, 4.69) is 17.9 Å². The fourth-order valence-corrected chi connectivity index (χ4v) is 5.06.